The van der Waals surface area contributed by atoms with Gasteiger partial charge >= 0.3 is 5.97 Å². The lowest BCUT2D eigenvalue weighted by molar-refractivity contribution is -0.143. The van der Waals surface area contributed by atoms with Crippen LogP contribution in [0, 0.1) is 0 Å². The highest BCUT2D eigenvalue weighted by atomic mass is 79.9. The molecule has 2 unspecified atom stereocenters. The van der Waals surface area contributed by atoms with Crippen molar-refractivity contribution < 1.29 is 9.90 Å². The summed E-state index contributed by atoms with van der Waals surface area (Å²) in [6.07, 6.45) is 1.98. The van der Waals surface area contributed by atoms with Gasteiger partial charge in [0, 0.05) is 14.6 Å². The van der Waals surface area contributed by atoms with E-state index in [4.69, 9.17) is 10.8 Å². The summed E-state index contributed by atoms with van der Waals surface area (Å²) >= 11 is 5.10. The van der Waals surface area contributed by atoms with E-state index in [2.05, 4.69) is 15.9 Å². The minimum atomic E-state index is -1.02. The van der Waals surface area contributed by atoms with Crippen LogP contribution < -0.4 is 5.73 Å². The zero-order valence-electron chi connectivity index (χ0n) is 9.23. The number of aliphatic carboxylic acids is 1. The molecule has 1 aliphatic carbocycles. The summed E-state index contributed by atoms with van der Waals surface area (Å²) in [6, 6.07) is 8.05. The third kappa shape index (κ3) is 3.03. The first kappa shape index (κ1) is 12.9. The molecule has 0 aliphatic heterocycles. The van der Waals surface area contributed by atoms with Crippen molar-refractivity contribution in [3.63, 3.8) is 0 Å². The van der Waals surface area contributed by atoms with Crippen molar-refractivity contribution >= 4 is 33.7 Å². The third-order valence-electron chi connectivity index (χ3n) is 3.05. The van der Waals surface area contributed by atoms with E-state index in [1.807, 2.05) is 24.3 Å². The second-order valence-corrected chi connectivity index (χ2v) is 6.69. The molecule has 92 valence electrons. The van der Waals surface area contributed by atoms with Crippen LogP contribution in [0.1, 0.15) is 19.3 Å². The maximum absolute atomic E-state index is 11.0. The zero-order valence-corrected chi connectivity index (χ0v) is 11.6. The molecule has 1 saturated carbocycles. The minimum absolute atomic E-state index is 0.303. The Morgan fingerprint density at radius 2 is 2.12 bits per heavy atom. The van der Waals surface area contributed by atoms with Crippen molar-refractivity contribution in [2.75, 3.05) is 0 Å². The summed E-state index contributed by atoms with van der Waals surface area (Å²) in [5, 5.41) is 9.36. The number of nitrogens with two attached hydrogens (primary N) is 1. The predicted molar refractivity (Wildman–Crippen MR) is 72.2 cm³/mol. The molecule has 0 spiro atoms. The Kier molecular flexibility index (Phi) is 3.80. The molecule has 2 rings (SSSR count). The lowest BCUT2D eigenvalue weighted by atomic mass is 10.0. The number of halogens is 1. The highest BCUT2D eigenvalue weighted by Crippen LogP contribution is 2.39. The summed E-state index contributed by atoms with van der Waals surface area (Å²) in [6.45, 7) is 0. The summed E-state index contributed by atoms with van der Waals surface area (Å²) < 4.78 is 1.05. The number of carboxylic acids is 1. The van der Waals surface area contributed by atoms with Crippen LogP contribution in [0.5, 0.6) is 0 Å². The van der Waals surface area contributed by atoms with E-state index in [0.717, 1.165) is 15.8 Å². The van der Waals surface area contributed by atoms with E-state index in [1.165, 1.54) is 0 Å². The molecule has 0 heterocycles. The van der Waals surface area contributed by atoms with Crippen molar-refractivity contribution in [1.29, 1.82) is 0 Å². The molecule has 2 atom stereocenters. The lowest BCUT2D eigenvalue weighted by Gasteiger charge is -2.17. The molecule has 1 fully saturated rings. The van der Waals surface area contributed by atoms with Crippen LogP contribution in [0.15, 0.2) is 33.6 Å². The van der Waals surface area contributed by atoms with Crippen molar-refractivity contribution in [1.82, 2.24) is 0 Å². The molecule has 0 bridgehead atoms. The summed E-state index contributed by atoms with van der Waals surface area (Å²) in [5.41, 5.74) is 4.83. The normalized spacial score (nSPS) is 28.2. The quantitative estimate of drug-likeness (QED) is 0.900. The minimum Gasteiger partial charge on any atom is -0.480 e. The van der Waals surface area contributed by atoms with Crippen LogP contribution in [-0.4, -0.2) is 21.9 Å². The molecule has 3 nitrogen and oxygen atoms in total. The van der Waals surface area contributed by atoms with Gasteiger partial charge in [0.15, 0.2) is 0 Å². The summed E-state index contributed by atoms with van der Waals surface area (Å²) in [5.74, 6) is -0.878. The lowest BCUT2D eigenvalue weighted by Crippen LogP contribution is -2.45. The van der Waals surface area contributed by atoms with Crippen LogP contribution in [0.4, 0.5) is 0 Å². The van der Waals surface area contributed by atoms with Gasteiger partial charge in [-0.2, -0.15) is 0 Å². The Hall–Kier alpha value is -0.520. The van der Waals surface area contributed by atoms with Crippen molar-refractivity contribution in [2.45, 2.75) is 34.9 Å². The first-order valence-corrected chi connectivity index (χ1v) is 7.11. The Morgan fingerprint density at radius 3 is 2.65 bits per heavy atom. The van der Waals surface area contributed by atoms with Crippen LogP contribution in [0.25, 0.3) is 0 Å². The molecular weight excluding hydrogens is 302 g/mol. The number of carboxylic acid groups (broad SMARTS) is 1. The average Bonchev–Trinajstić information content (AvgIpc) is 2.65. The second kappa shape index (κ2) is 5.00. The molecular formula is C12H14BrNO2S. The van der Waals surface area contributed by atoms with Crippen LogP contribution in [0.2, 0.25) is 0 Å². The van der Waals surface area contributed by atoms with E-state index < -0.39 is 11.5 Å². The summed E-state index contributed by atoms with van der Waals surface area (Å²) in [7, 11) is 0. The largest absolute Gasteiger partial charge is 0.480 e. The fourth-order valence-electron chi connectivity index (χ4n) is 2.03. The Bertz CT molecular complexity index is 423. The van der Waals surface area contributed by atoms with Crippen molar-refractivity contribution in [2.24, 2.45) is 5.73 Å². The van der Waals surface area contributed by atoms with E-state index in [1.54, 1.807) is 11.8 Å². The Labute approximate surface area is 113 Å². The molecule has 0 radical (unpaired) electrons. The molecule has 17 heavy (non-hydrogen) atoms. The van der Waals surface area contributed by atoms with Crippen LogP contribution in [0.3, 0.4) is 0 Å². The highest BCUT2D eigenvalue weighted by molar-refractivity contribution is 9.10. The van der Waals surface area contributed by atoms with Gasteiger partial charge in [-0.3, -0.25) is 4.79 Å². The van der Waals surface area contributed by atoms with Gasteiger partial charge in [0.25, 0.3) is 0 Å². The Morgan fingerprint density at radius 1 is 1.47 bits per heavy atom. The monoisotopic (exact) mass is 315 g/mol. The number of thioether (sulfide) groups is 1. The van der Waals surface area contributed by atoms with Crippen LogP contribution in [-0.2, 0) is 4.79 Å². The van der Waals surface area contributed by atoms with Crippen molar-refractivity contribution in [3.8, 4) is 0 Å². The number of carbonyl (C=O) groups is 1. The van der Waals surface area contributed by atoms with E-state index in [0.29, 0.717) is 18.1 Å². The molecule has 0 aromatic heterocycles. The smallest absolute Gasteiger partial charge is 0.323 e. The standard InChI is InChI=1S/C12H14BrNO2S/c13-8-1-3-9(4-2-8)17-10-5-6-12(14,7-10)11(15)16/h1-4,10H,5-7,14H2,(H,15,16). The fourth-order valence-corrected chi connectivity index (χ4v) is 3.59. The van der Waals surface area contributed by atoms with Crippen molar-refractivity contribution in [3.05, 3.63) is 28.7 Å². The van der Waals surface area contributed by atoms with E-state index in [9.17, 15) is 4.79 Å². The van der Waals surface area contributed by atoms with Gasteiger partial charge in [0.1, 0.15) is 5.54 Å². The molecule has 0 saturated heterocycles. The maximum atomic E-state index is 11.0. The molecule has 3 N–H and O–H groups in total. The molecule has 1 aromatic rings. The van der Waals surface area contributed by atoms with Gasteiger partial charge in [-0.1, -0.05) is 15.9 Å². The van der Waals surface area contributed by atoms with Gasteiger partial charge in [0.05, 0.1) is 0 Å². The number of benzene rings is 1. The van der Waals surface area contributed by atoms with Gasteiger partial charge in [-0.05, 0) is 43.5 Å². The second-order valence-electron chi connectivity index (χ2n) is 4.40. The topological polar surface area (TPSA) is 63.3 Å². The SMILES string of the molecule is NC1(C(=O)O)CCC(Sc2ccc(Br)cc2)C1. The van der Waals surface area contributed by atoms with Gasteiger partial charge < -0.3 is 10.8 Å². The van der Waals surface area contributed by atoms with E-state index >= 15 is 0 Å². The number of hydrogen-bond acceptors (Lipinski definition) is 3. The third-order valence-corrected chi connectivity index (χ3v) is 4.86. The highest BCUT2D eigenvalue weighted by Gasteiger charge is 2.42. The Balaban J connectivity index is 1.98. The van der Waals surface area contributed by atoms with Gasteiger partial charge in [-0.25, -0.2) is 0 Å². The summed E-state index contributed by atoms with van der Waals surface area (Å²) in [4.78, 5) is 12.2. The van der Waals surface area contributed by atoms with E-state index in [-0.39, 0.29) is 0 Å². The van der Waals surface area contributed by atoms with Crippen LogP contribution >= 0.6 is 27.7 Å². The molecule has 0 amide bonds. The first-order chi connectivity index (χ1) is 7.99. The number of rotatable bonds is 3. The van der Waals surface area contributed by atoms with Gasteiger partial charge in [0.2, 0.25) is 0 Å². The molecule has 1 aromatic carbocycles. The van der Waals surface area contributed by atoms with Gasteiger partial charge in [-0.15, -0.1) is 11.8 Å². The molecule has 1 aliphatic rings. The predicted octanol–water partition coefficient (Wildman–Crippen LogP) is 2.88. The zero-order chi connectivity index (χ0) is 12.5. The fraction of sp³-hybridized carbons (Fsp3) is 0.417. The average molecular weight is 316 g/mol. The first-order valence-electron chi connectivity index (χ1n) is 5.44. The maximum Gasteiger partial charge on any atom is 0.323 e. The number of hydrogen-bond donors (Lipinski definition) is 2. The molecule has 5 heteroatoms.